The number of hydrogen-bond acceptors (Lipinski definition) is 2. The van der Waals surface area contributed by atoms with E-state index in [4.69, 9.17) is 32.7 Å². The third-order valence-electron chi connectivity index (χ3n) is 5.38. The molecule has 160 valence electrons. The molecule has 0 spiro atoms. The first kappa shape index (κ1) is 22.0. The van der Waals surface area contributed by atoms with E-state index in [2.05, 4.69) is 24.3 Å². The first-order valence-electron chi connectivity index (χ1n) is 10.1. The van der Waals surface area contributed by atoms with E-state index in [0.29, 0.717) is 0 Å². The average molecular weight is 461 g/mol. The van der Waals surface area contributed by atoms with Gasteiger partial charge in [-0.05, 0) is 57.6 Å². The van der Waals surface area contributed by atoms with Gasteiger partial charge in [0.2, 0.25) is 0 Å². The lowest BCUT2D eigenvalue weighted by atomic mass is 9.95. The fraction of sp³-hybridized carbons (Fsp3) is 0.0714. The Morgan fingerprint density at radius 3 is 1.00 bits per heavy atom. The van der Waals surface area contributed by atoms with Gasteiger partial charge in [-0.25, -0.2) is 0 Å². The van der Waals surface area contributed by atoms with E-state index in [1.807, 2.05) is 72.8 Å². The Morgan fingerprint density at radius 1 is 0.469 bits per heavy atom. The van der Waals surface area contributed by atoms with Gasteiger partial charge in [0, 0.05) is 5.57 Å². The van der Waals surface area contributed by atoms with Crippen molar-refractivity contribution >= 4 is 28.8 Å². The van der Waals surface area contributed by atoms with Crippen LogP contribution in [0.4, 0.5) is 0 Å². The van der Waals surface area contributed by atoms with Gasteiger partial charge in [-0.1, -0.05) is 96.0 Å². The highest BCUT2D eigenvalue weighted by molar-refractivity contribution is 6.59. The molecule has 4 aromatic carbocycles. The maximum atomic E-state index is 6.31. The highest BCUT2D eigenvalue weighted by atomic mass is 35.5. The Kier molecular flexibility index (Phi) is 6.84. The maximum Gasteiger partial charge on any atom is 0.118 e. The van der Waals surface area contributed by atoms with Crippen LogP contribution >= 0.6 is 23.2 Å². The fourth-order valence-electron chi connectivity index (χ4n) is 3.61. The summed E-state index contributed by atoms with van der Waals surface area (Å²) in [6.07, 6.45) is 0. The van der Waals surface area contributed by atoms with Gasteiger partial charge < -0.3 is 9.47 Å². The standard InChI is InChI=1S/C28H22Cl2O2/c1-31-25-15-11-21(12-16-25)19-3-7-23(8-4-19)27(28(29)30)24-9-5-20(6-10-24)22-13-17-26(32-2)18-14-22/h3-18H,1-2H3. The lowest BCUT2D eigenvalue weighted by Crippen LogP contribution is -1.90. The van der Waals surface area contributed by atoms with Crippen molar-refractivity contribution in [3.63, 3.8) is 0 Å². The summed E-state index contributed by atoms with van der Waals surface area (Å²) in [6, 6.07) is 32.4. The fourth-order valence-corrected chi connectivity index (χ4v) is 4.05. The molecule has 2 nitrogen and oxygen atoms in total. The maximum absolute atomic E-state index is 6.31. The molecule has 0 saturated heterocycles. The van der Waals surface area contributed by atoms with Gasteiger partial charge in [0.25, 0.3) is 0 Å². The summed E-state index contributed by atoms with van der Waals surface area (Å²) in [5.41, 5.74) is 7.16. The molecule has 4 rings (SSSR count). The second kappa shape index (κ2) is 9.95. The predicted molar refractivity (Wildman–Crippen MR) is 135 cm³/mol. The molecular weight excluding hydrogens is 439 g/mol. The van der Waals surface area contributed by atoms with Crippen molar-refractivity contribution in [3.8, 4) is 33.8 Å². The number of halogens is 2. The molecule has 4 aromatic rings. The second-order valence-electron chi connectivity index (χ2n) is 7.25. The molecule has 0 fully saturated rings. The van der Waals surface area contributed by atoms with Crippen LogP contribution in [0.15, 0.2) is 102 Å². The molecule has 0 aliphatic carbocycles. The largest absolute Gasteiger partial charge is 0.497 e. The zero-order valence-electron chi connectivity index (χ0n) is 17.8. The van der Waals surface area contributed by atoms with Crippen LogP contribution < -0.4 is 9.47 Å². The lowest BCUT2D eigenvalue weighted by molar-refractivity contribution is 0.415. The Hall–Kier alpha value is -3.20. The molecule has 0 amide bonds. The number of ether oxygens (including phenoxy) is 2. The zero-order valence-corrected chi connectivity index (χ0v) is 19.3. The summed E-state index contributed by atoms with van der Waals surface area (Å²) in [4.78, 5) is 0. The quantitative estimate of drug-likeness (QED) is 0.288. The van der Waals surface area contributed by atoms with Crippen LogP contribution in [0, 0.1) is 0 Å². The molecule has 0 bridgehead atoms. The van der Waals surface area contributed by atoms with Crippen molar-refractivity contribution in [3.05, 3.63) is 113 Å². The third-order valence-corrected chi connectivity index (χ3v) is 5.76. The normalized spacial score (nSPS) is 10.5. The van der Waals surface area contributed by atoms with Crippen LogP contribution in [0.25, 0.3) is 27.8 Å². The summed E-state index contributed by atoms with van der Waals surface area (Å²) in [6.45, 7) is 0. The SMILES string of the molecule is COc1ccc(-c2ccc(C(=C(Cl)Cl)c3ccc(-c4ccc(OC)cc4)cc3)cc2)cc1. The molecule has 0 aliphatic rings. The Balaban J connectivity index is 1.60. The van der Waals surface area contributed by atoms with Crippen LogP contribution in [0.1, 0.15) is 11.1 Å². The summed E-state index contributed by atoms with van der Waals surface area (Å²) >= 11 is 12.6. The summed E-state index contributed by atoms with van der Waals surface area (Å²) < 4.78 is 10.7. The molecule has 0 heterocycles. The van der Waals surface area contributed by atoms with E-state index in [0.717, 1.165) is 50.5 Å². The molecule has 4 heteroatoms. The molecular formula is C28H22Cl2O2. The molecule has 0 unspecified atom stereocenters. The van der Waals surface area contributed by atoms with Gasteiger partial charge >= 0.3 is 0 Å². The summed E-state index contributed by atoms with van der Waals surface area (Å²) in [7, 11) is 3.33. The van der Waals surface area contributed by atoms with Gasteiger partial charge in [-0.3, -0.25) is 0 Å². The molecule has 0 atom stereocenters. The lowest BCUT2D eigenvalue weighted by Gasteiger charge is -2.12. The van der Waals surface area contributed by atoms with Crippen molar-refractivity contribution in [2.75, 3.05) is 14.2 Å². The number of rotatable bonds is 6. The smallest absolute Gasteiger partial charge is 0.118 e. The van der Waals surface area contributed by atoms with Crippen molar-refractivity contribution in [2.45, 2.75) is 0 Å². The first-order chi connectivity index (χ1) is 15.6. The van der Waals surface area contributed by atoms with E-state index in [-0.39, 0.29) is 4.49 Å². The highest BCUT2D eigenvalue weighted by Gasteiger charge is 2.11. The van der Waals surface area contributed by atoms with Crippen LogP contribution in [0.5, 0.6) is 11.5 Å². The number of methoxy groups -OCH3 is 2. The third kappa shape index (κ3) is 4.83. The molecule has 0 radical (unpaired) electrons. The molecule has 0 aliphatic heterocycles. The minimum atomic E-state index is 0.236. The van der Waals surface area contributed by atoms with Crippen LogP contribution in [-0.2, 0) is 0 Å². The Morgan fingerprint density at radius 2 is 0.750 bits per heavy atom. The summed E-state index contributed by atoms with van der Waals surface area (Å²) in [5, 5.41) is 0. The Bertz CT molecular complexity index is 1110. The van der Waals surface area contributed by atoms with E-state index in [1.54, 1.807) is 14.2 Å². The zero-order chi connectivity index (χ0) is 22.5. The first-order valence-corrected chi connectivity index (χ1v) is 10.9. The predicted octanol–water partition coefficient (Wildman–Crippen LogP) is 8.23. The monoisotopic (exact) mass is 460 g/mol. The van der Waals surface area contributed by atoms with Gasteiger partial charge in [0.1, 0.15) is 16.0 Å². The van der Waals surface area contributed by atoms with Crippen LogP contribution in [0.2, 0.25) is 0 Å². The molecule has 0 N–H and O–H groups in total. The van der Waals surface area contributed by atoms with E-state index < -0.39 is 0 Å². The van der Waals surface area contributed by atoms with Crippen LogP contribution in [0.3, 0.4) is 0 Å². The van der Waals surface area contributed by atoms with Gasteiger partial charge in [0.05, 0.1) is 14.2 Å². The van der Waals surface area contributed by atoms with Crippen molar-refractivity contribution in [2.24, 2.45) is 0 Å². The average Bonchev–Trinajstić information content (AvgIpc) is 2.85. The minimum absolute atomic E-state index is 0.236. The van der Waals surface area contributed by atoms with Gasteiger partial charge in [-0.2, -0.15) is 0 Å². The van der Waals surface area contributed by atoms with Crippen molar-refractivity contribution < 1.29 is 9.47 Å². The van der Waals surface area contributed by atoms with E-state index in [1.165, 1.54) is 0 Å². The summed E-state index contributed by atoms with van der Waals surface area (Å²) in [5.74, 6) is 1.67. The second-order valence-corrected chi connectivity index (χ2v) is 8.20. The number of hydrogen-bond donors (Lipinski definition) is 0. The van der Waals surface area contributed by atoms with Crippen molar-refractivity contribution in [1.29, 1.82) is 0 Å². The van der Waals surface area contributed by atoms with Gasteiger partial charge in [0.15, 0.2) is 0 Å². The highest BCUT2D eigenvalue weighted by Crippen LogP contribution is 2.34. The minimum Gasteiger partial charge on any atom is -0.497 e. The number of benzene rings is 4. The van der Waals surface area contributed by atoms with Crippen LogP contribution in [-0.4, -0.2) is 14.2 Å². The van der Waals surface area contributed by atoms with E-state index >= 15 is 0 Å². The molecule has 0 saturated carbocycles. The van der Waals surface area contributed by atoms with E-state index in [9.17, 15) is 0 Å². The van der Waals surface area contributed by atoms with Crippen molar-refractivity contribution in [1.82, 2.24) is 0 Å². The molecule has 32 heavy (non-hydrogen) atoms. The van der Waals surface area contributed by atoms with Gasteiger partial charge in [-0.15, -0.1) is 0 Å². The Labute approximate surface area is 198 Å². The molecule has 0 aromatic heterocycles. The topological polar surface area (TPSA) is 18.5 Å².